The van der Waals surface area contributed by atoms with Crippen molar-refractivity contribution in [1.82, 2.24) is 4.90 Å². The summed E-state index contributed by atoms with van der Waals surface area (Å²) in [6.45, 7) is 6.90. The maximum absolute atomic E-state index is 12.9. The van der Waals surface area contributed by atoms with Crippen molar-refractivity contribution in [3.63, 3.8) is 0 Å². The SMILES string of the molecule is CCOC(=O)C1CC(Cc2ccc(Cl)c(Cl)c2)C(=O)N1C(=O)OC(C)(C)C. The quantitative estimate of drug-likeness (QED) is 0.687. The van der Waals surface area contributed by atoms with Crippen LogP contribution in [0.1, 0.15) is 39.7 Å². The first-order chi connectivity index (χ1) is 12.5. The summed E-state index contributed by atoms with van der Waals surface area (Å²) in [6.07, 6.45) is -0.357. The molecule has 148 valence electrons. The Morgan fingerprint density at radius 3 is 2.44 bits per heavy atom. The molecule has 1 fully saturated rings. The molecule has 8 heteroatoms. The Morgan fingerprint density at radius 2 is 1.89 bits per heavy atom. The van der Waals surface area contributed by atoms with Gasteiger partial charge in [-0.15, -0.1) is 0 Å². The first-order valence-corrected chi connectivity index (χ1v) is 9.45. The van der Waals surface area contributed by atoms with Gasteiger partial charge in [0.2, 0.25) is 5.91 Å². The zero-order valence-electron chi connectivity index (χ0n) is 15.8. The Hall–Kier alpha value is -1.79. The normalized spacial score (nSPS) is 19.9. The number of carbonyl (C=O) groups excluding carboxylic acids is 3. The number of nitrogens with zero attached hydrogens (tertiary/aromatic N) is 1. The van der Waals surface area contributed by atoms with Gasteiger partial charge in [-0.2, -0.15) is 0 Å². The molecule has 0 bridgehead atoms. The van der Waals surface area contributed by atoms with Crippen molar-refractivity contribution in [2.45, 2.75) is 52.2 Å². The smallest absolute Gasteiger partial charge is 0.417 e. The standard InChI is InChI=1S/C19H23Cl2NO5/c1-5-26-17(24)15-10-12(8-11-6-7-13(20)14(21)9-11)16(23)22(15)18(25)27-19(2,3)4/h6-7,9,12,15H,5,8,10H2,1-4H3. The fraction of sp³-hybridized carbons (Fsp3) is 0.526. The van der Waals surface area contributed by atoms with Crippen molar-refractivity contribution in [1.29, 1.82) is 0 Å². The van der Waals surface area contributed by atoms with Crippen molar-refractivity contribution in [3.05, 3.63) is 33.8 Å². The first-order valence-electron chi connectivity index (χ1n) is 8.70. The van der Waals surface area contributed by atoms with Gasteiger partial charge in [0.1, 0.15) is 11.6 Å². The second kappa shape index (κ2) is 8.48. The fourth-order valence-electron chi connectivity index (χ4n) is 2.92. The molecule has 0 saturated carbocycles. The molecule has 1 aliphatic heterocycles. The zero-order chi connectivity index (χ0) is 20.4. The van der Waals surface area contributed by atoms with Crippen LogP contribution in [0.25, 0.3) is 0 Å². The van der Waals surface area contributed by atoms with E-state index in [2.05, 4.69) is 0 Å². The Labute approximate surface area is 168 Å². The maximum atomic E-state index is 12.9. The number of hydrogen-bond acceptors (Lipinski definition) is 5. The van der Waals surface area contributed by atoms with Crippen LogP contribution in [0, 0.1) is 5.92 Å². The minimum atomic E-state index is -1.000. The molecule has 1 saturated heterocycles. The molecule has 1 heterocycles. The van der Waals surface area contributed by atoms with Crippen LogP contribution in [0.5, 0.6) is 0 Å². The highest BCUT2D eigenvalue weighted by molar-refractivity contribution is 6.42. The molecule has 0 spiro atoms. The predicted molar refractivity (Wildman–Crippen MR) is 102 cm³/mol. The molecule has 0 aromatic heterocycles. The summed E-state index contributed by atoms with van der Waals surface area (Å²) >= 11 is 12.0. The number of imide groups is 1. The number of hydrogen-bond donors (Lipinski definition) is 0. The average Bonchev–Trinajstić information content (AvgIpc) is 2.86. The monoisotopic (exact) mass is 415 g/mol. The second-order valence-electron chi connectivity index (χ2n) is 7.34. The highest BCUT2D eigenvalue weighted by Gasteiger charge is 2.48. The molecule has 0 aliphatic carbocycles. The van der Waals surface area contributed by atoms with E-state index in [-0.39, 0.29) is 13.0 Å². The second-order valence-corrected chi connectivity index (χ2v) is 8.16. The summed E-state index contributed by atoms with van der Waals surface area (Å²) in [6, 6.07) is 4.08. The summed E-state index contributed by atoms with van der Waals surface area (Å²) < 4.78 is 10.3. The molecule has 2 amide bonds. The highest BCUT2D eigenvalue weighted by Crippen LogP contribution is 2.32. The van der Waals surface area contributed by atoms with Gasteiger partial charge in [0, 0.05) is 5.92 Å². The molecule has 27 heavy (non-hydrogen) atoms. The number of halogens is 2. The van der Waals surface area contributed by atoms with E-state index in [1.54, 1.807) is 45.9 Å². The molecular weight excluding hydrogens is 393 g/mol. The van der Waals surface area contributed by atoms with Gasteiger partial charge in [-0.05, 0) is 58.2 Å². The van der Waals surface area contributed by atoms with Gasteiger partial charge in [-0.3, -0.25) is 4.79 Å². The third-order valence-corrected chi connectivity index (χ3v) is 4.76. The maximum Gasteiger partial charge on any atom is 0.417 e. The van der Waals surface area contributed by atoms with E-state index < -0.39 is 35.5 Å². The largest absolute Gasteiger partial charge is 0.464 e. The molecule has 1 aromatic rings. The van der Waals surface area contributed by atoms with Crippen molar-refractivity contribution in [2.75, 3.05) is 6.61 Å². The van der Waals surface area contributed by atoms with Crippen LogP contribution >= 0.6 is 23.2 Å². The number of ether oxygens (including phenoxy) is 2. The van der Waals surface area contributed by atoms with Crippen LogP contribution < -0.4 is 0 Å². The van der Waals surface area contributed by atoms with Crippen molar-refractivity contribution >= 4 is 41.2 Å². The van der Waals surface area contributed by atoms with Crippen LogP contribution in [0.2, 0.25) is 10.0 Å². The summed E-state index contributed by atoms with van der Waals surface area (Å²) in [5.41, 5.74) is -0.00496. The van der Waals surface area contributed by atoms with Gasteiger partial charge in [0.15, 0.2) is 0 Å². The van der Waals surface area contributed by atoms with Gasteiger partial charge in [0.05, 0.1) is 16.7 Å². The fourth-order valence-corrected chi connectivity index (χ4v) is 3.24. The van der Waals surface area contributed by atoms with Crippen LogP contribution in [-0.4, -0.2) is 41.1 Å². The Kier molecular flexibility index (Phi) is 6.76. The number of rotatable bonds is 4. The van der Waals surface area contributed by atoms with Gasteiger partial charge in [-0.25, -0.2) is 14.5 Å². The van der Waals surface area contributed by atoms with Crippen LogP contribution in [0.3, 0.4) is 0 Å². The van der Waals surface area contributed by atoms with E-state index in [1.807, 2.05) is 0 Å². The Morgan fingerprint density at radius 1 is 1.22 bits per heavy atom. The van der Waals surface area contributed by atoms with Gasteiger partial charge in [-0.1, -0.05) is 29.3 Å². The summed E-state index contributed by atoms with van der Waals surface area (Å²) in [5, 5.41) is 0.795. The van der Waals surface area contributed by atoms with E-state index in [1.165, 1.54) is 0 Å². The molecule has 2 unspecified atom stereocenters. The minimum absolute atomic E-state index is 0.156. The summed E-state index contributed by atoms with van der Waals surface area (Å²) in [7, 11) is 0. The van der Waals surface area contributed by atoms with E-state index in [0.717, 1.165) is 10.5 Å². The molecular formula is C19H23Cl2NO5. The topological polar surface area (TPSA) is 72.9 Å². The van der Waals surface area contributed by atoms with Gasteiger partial charge < -0.3 is 9.47 Å². The lowest BCUT2D eigenvalue weighted by molar-refractivity contribution is -0.151. The zero-order valence-corrected chi connectivity index (χ0v) is 17.3. The van der Waals surface area contributed by atoms with Crippen LogP contribution in [0.4, 0.5) is 4.79 Å². The summed E-state index contributed by atoms with van der Waals surface area (Å²) in [5.74, 6) is -1.65. The predicted octanol–water partition coefficient (Wildman–Crippen LogP) is 4.25. The molecule has 1 aliphatic rings. The molecule has 0 N–H and O–H groups in total. The molecule has 0 radical (unpaired) electrons. The third kappa shape index (κ3) is 5.36. The summed E-state index contributed by atoms with van der Waals surface area (Å²) in [4.78, 5) is 38.6. The lowest BCUT2D eigenvalue weighted by Crippen LogP contribution is -2.46. The van der Waals surface area contributed by atoms with E-state index in [4.69, 9.17) is 32.7 Å². The number of benzene rings is 1. The lowest BCUT2D eigenvalue weighted by atomic mass is 9.96. The third-order valence-electron chi connectivity index (χ3n) is 4.02. The van der Waals surface area contributed by atoms with Crippen molar-refractivity contribution in [3.8, 4) is 0 Å². The minimum Gasteiger partial charge on any atom is -0.464 e. The van der Waals surface area contributed by atoms with Crippen LogP contribution in [-0.2, 0) is 25.5 Å². The van der Waals surface area contributed by atoms with E-state index in [9.17, 15) is 14.4 Å². The lowest BCUT2D eigenvalue weighted by Gasteiger charge is -2.26. The van der Waals surface area contributed by atoms with Gasteiger partial charge >= 0.3 is 12.1 Å². The average molecular weight is 416 g/mol. The van der Waals surface area contributed by atoms with Crippen LogP contribution in [0.15, 0.2) is 18.2 Å². The Bertz CT molecular complexity index is 744. The molecule has 2 atom stereocenters. The van der Waals surface area contributed by atoms with E-state index >= 15 is 0 Å². The number of likely N-dealkylation sites (tertiary alicyclic amines) is 1. The Balaban J connectivity index is 2.25. The highest BCUT2D eigenvalue weighted by atomic mass is 35.5. The number of amides is 2. The number of esters is 1. The van der Waals surface area contributed by atoms with E-state index in [0.29, 0.717) is 16.5 Å². The first kappa shape index (κ1) is 21.5. The molecule has 1 aromatic carbocycles. The van der Waals surface area contributed by atoms with Crippen molar-refractivity contribution < 1.29 is 23.9 Å². The van der Waals surface area contributed by atoms with Gasteiger partial charge in [0.25, 0.3) is 0 Å². The molecule has 2 rings (SSSR count). The number of carbonyl (C=O) groups is 3. The van der Waals surface area contributed by atoms with Crippen molar-refractivity contribution in [2.24, 2.45) is 5.92 Å². The molecule has 6 nitrogen and oxygen atoms in total.